The number of alkyl halides is 2. The van der Waals surface area contributed by atoms with Gasteiger partial charge < -0.3 is 14.2 Å². The molecule has 6 nitrogen and oxygen atoms in total. The van der Waals surface area contributed by atoms with Crippen molar-refractivity contribution < 1.29 is 23.0 Å². The SMILES string of the molecule is N#CSc1cn(C2CCCO2)nc1-c1cccc2c1OC(F)(F)O2. The van der Waals surface area contributed by atoms with Crippen LogP contribution in [0.4, 0.5) is 8.78 Å². The molecule has 1 fully saturated rings. The number of nitrogens with zero attached hydrogens (tertiary/aromatic N) is 3. The van der Waals surface area contributed by atoms with Gasteiger partial charge in [0.25, 0.3) is 0 Å². The molecule has 3 heterocycles. The Labute approximate surface area is 139 Å². The molecule has 2 aliphatic heterocycles. The third kappa shape index (κ3) is 2.57. The minimum absolute atomic E-state index is 0.0583. The summed E-state index contributed by atoms with van der Waals surface area (Å²) in [6.07, 6.45) is -0.510. The quantitative estimate of drug-likeness (QED) is 0.620. The van der Waals surface area contributed by atoms with E-state index >= 15 is 0 Å². The zero-order valence-electron chi connectivity index (χ0n) is 12.2. The topological polar surface area (TPSA) is 69.3 Å². The summed E-state index contributed by atoms with van der Waals surface area (Å²) in [6.45, 7) is 0.643. The van der Waals surface area contributed by atoms with Crippen molar-refractivity contribution in [2.75, 3.05) is 6.61 Å². The number of hydrogen-bond acceptors (Lipinski definition) is 6. The monoisotopic (exact) mass is 351 g/mol. The Hall–Kier alpha value is -2.31. The molecule has 9 heteroatoms. The van der Waals surface area contributed by atoms with E-state index in [1.165, 1.54) is 6.07 Å². The molecule has 124 valence electrons. The minimum atomic E-state index is -3.71. The first kappa shape index (κ1) is 15.2. The molecule has 0 N–H and O–H groups in total. The van der Waals surface area contributed by atoms with Crippen molar-refractivity contribution in [1.29, 1.82) is 5.26 Å². The molecule has 2 aromatic rings. The predicted octanol–water partition coefficient (Wildman–Crippen LogP) is 3.75. The Kier molecular flexibility index (Phi) is 3.58. The zero-order chi connectivity index (χ0) is 16.7. The summed E-state index contributed by atoms with van der Waals surface area (Å²) in [5.74, 6) is -0.142. The van der Waals surface area contributed by atoms with Crippen molar-refractivity contribution in [3.05, 3.63) is 24.4 Å². The van der Waals surface area contributed by atoms with Crippen LogP contribution >= 0.6 is 11.8 Å². The summed E-state index contributed by atoms with van der Waals surface area (Å²) in [5, 5.41) is 15.4. The van der Waals surface area contributed by atoms with Crippen molar-refractivity contribution >= 4 is 11.8 Å². The Morgan fingerprint density at radius 1 is 1.38 bits per heavy atom. The third-order valence-electron chi connectivity index (χ3n) is 3.74. The maximum atomic E-state index is 13.4. The second kappa shape index (κ2) is 5.65. The second-order valence-electron chi connectivity index (χ2n) is 5.28. The van der Waals surface area contributed by atoms with E-state index in [4.69, 9.17) is 10.00 Å². The van der Waals surface area contributed by atoms with E-state index in [0.29, 0.717) is 22.8 Å². The summed E-state index contributed by atoms with van der Waals surface area (Å²) in [7, 11) is 0. The molecular weight excluding hydrogens is 340 g/mol. The number of fused-ring (bicyclic) bond motifs is 1. The molecule has 0 bridgehead atoms. The zero-order valence-corrected chi connectivity index (χ0v) is 13.1. The molecule has 1 aromatic heterocycles. The minimum Gasteiger partial charge on any atom is -0.395 e. The van der Waals surface area contributed by atoms with Gasteiger partial charge in [-0.2, -0.15) is 10.4 Å². The number of halogens is 2. The van der Waals surface area contributed by atoms with E-state index < -0.39 is 6.29 Å². The van der Waals surface area contributed by atoms with Crippen molar-refractivity contribution in [1.82, 2.24) is 9.78 Å². The van der Waals surface area contributed by atoms with Gasteiger partial charge in [0.1, 0.15) is 17.3 Å². The average Bonchev–Trinajstić information content (AvgIpc) is 3.23. The number of para-hydroxylation sites is 1. The Morgan fingerprint density at radius 3 is 3.00 bits per heavy atom. The van der Waals surface area contributed by atoms with Gasteiger partial charge in [-0.15, -0.1) is 8.78 Å². The van der Waals surface area contributed by atoms with Gasteiger partial charge in [0.15, 0.2) is 11.5 Å². The maximum Gasteiger partial charge on any atom is 0.586 e. The van der Waals surface area contributed by atoms with Crippen LogP contribution in [0.25, 0.3) is 11.3 Å². The maximum absolute atomic E-state index is 13.4. The highest BCUT2D eigenvalue weighted by Crippen LogP contribution is 2.48. The van der Waals surface area contributed by atoms with Crippen molar-refractivity contribution in [3.8, 4) is 28.2 Å². The van der Waals surface area contributed by atoms with Gasteiger partial charge in [0, 0.05) is 18.4 Å². The van der Waals surface area contributed by atoms with Crippen molar-refractivity contribution in [3.63, 3.8) is 0 Å². The van der Waals surface area contributed by atoms with Gasteiger partial charge in [-0.25, -0.2) is 4.68 Å². The summed E-state index contributed by atoms with van der Waals surface area (Å²) >= 11 is 0.905. The fraction of sp³-hybridized carbons (Fsp3) is 0.333. The lowest BCUT2D eigenvalue weighted by atomic mass is 10.1. The molecule has 0 saturated carbocycles. The molecule has 2 aliphatic rings. The largest absolute Gasteiger partial charge is 0.586 e. The van der Waals surface area contributed by atoms with Crippen LogP contribution < -0.4 is 9.47 Å². The molecular formula is C15H11F2N3O3S. The number of rotatable bonds is 3. The van der Waals surface area contributed by atoms with Crippen LogP contribution in [0.2, 0.25) is 0 Å². The molecule has 1 atom stereocenters. The Balaban J connectivity index is 1.80. The first-order chi connectivity index (χ1) is 11.6. The van der Waals surface area contributed by atoms with Gasteiger partial charge in [0.05, 0.1) is 4.90 Å². The van der Waals surface area contributed by atoms with Crippen molar-refractivity contribution in [2.24, 2.45) is 0 Å². The lowest BCUT2D eigenvalue weighted by Crippen LogP contribution is -2.26. The fourth-order valence-electron chi connectivity index (χ4n) is 2.76. The van der Waals surface area contributed by atoms with Gasteiger partial charge in [-0.3, -0.25) is 0 Å². The smallest absolute Gasteiger partial charge is 0.395 e. The first-order valence-electron chi connectivity index (χ1n) is 7.23. The van der Waals surface area contributed by atoms with E-state index in [2.05, 4.69) is 14.6 Å². The molecule has 1 saturated heterocycles. The summed E-state index contributed by atoms with van der Waals surface area (Å²) in [4.78, 5) is 0.542. The summed E-state index contributed by atoms with van der Waals surface area (Å²) < 4.78 is 43.1. The summed E-state index contributed by atoms with van der Waals surface area (Å²) in [5.41, 5.74) is 0.731. The van der Waals surface area contributed by atoms with E-state index in [0.717, 1.165) is 24.6 Å². The summed E-state index contributed by atoms with van der Waals surface area (Å²) in [6, 6.07) is 4.58. The lowest BCUT2D eigenvalue weighted by molar-refractivity contribution is -0.286. The van der Waals surface area contributed by atoms with Gasteiger partial charge in [0.2, 0.25) is 0 Å². The number of aromatic nitrogens is 2. The van der Waals surface area contributed by atoms with E-state index in [1.807, 2.05) is 5.40 Å². The highest BCUT2D eigenvalue weighted by atomic mass is 32.2. The molecule has 4 rings (SSSR count). The van der Waals surface area contributed by atoms with Crippen LogP contribution in [0.5, 0.6) is 11.5 Å². The van der Waals surface area contributed by atoms with Gasteiger partial charge in [-0.05, 0) is 36.7 Å². The van der Waals surface area contributed by atoms with Crippen molar-refractivity contribution in [2.45, 2.75) is 30.3 Å². The van der Waals surface area contributed by atoms with Crippen LogP contribution in [-0.4, -0.2) is 22.7 Å². The molecule has 0 aliphatic carbocycles. The van der Waals surface area contributed by atoms with Crippen LogP contribution in [-0.2, 0) is 4.74 Å². The van der Waals surface area contributed by atoms with Crippen LogP contribution in [0, 0.1) is 10.7 Å². The standard InChI is InChI=1S/C15H11F2N3O3S/c16-15(17)22-10-4-1-3-9(14(10)23-15)13-11(24-8-18)7-20(19-13)12-5-2-6-21-12/h1,3-4,7,12H,2,5-6H2. The van der Waals surface area contributed by atoms with Crippen LogP contribution in [0.15, 0.2) is 29.3 Å². The number of ether oxygens (including phenoxy) is 3. The molecule has 24 heavy (non-hydrogen) atoms. The number of nitriles is 1. The molecule has 1 aromatic carbocycles. The normalized spacial score (nSPS) is 21.0. The molecule has 0 radical (unpaired) electrons. The Morgan fingerprint density at radius 2 is 2.25 bits per heavy atom. The average molecular weight is 351 g/mol. The second-order valence-corrected chi connectivity index (χ2v) is 6.11. The van der Waals surface area contributed by atoms with Gasteiger partial charge in [-0.1, -0.05) is 6.07 Å². The van der Waals surface area contributed by atoms with Gasteiger partial charge >= 0.3 is 6.29 Å². The number of hydrogen-bond donors (Lipinski definition) is 0. The van der Waals surface area contributed by atoms with E-state index in [9.17, 15) is 8.78 Å². The number of benzene rings is 1. The predicted molar refractivity (Wildman–Crippen MR) is 79.6 cm³/mol. The molecule has 0 amide bonds. The molecule has 1 unspecified atom stereocenters. The first-order valence-corrected chi connectivity index (χ1v) is 8.05. The number of thiocyanates is 1. The molecule has 0 spiro atoms. The highest BCUT2D eigenvalue weighted by molar-refractivity contribution is 8.03. The number of thioether (sulfide) groups is 1. The van der Waals surface area contributed by atoms with Crippen LogP contribution in [0.1, 0.15) is 19.1 Å². The lowest BCUT2D eigenvalue weighted by Gasteiger charge is -2.09. The third-order valence-corrected chi connectivity index (χ3v) is 4.35. The Bertz CT molecular complexity index is 828. The van der Waals surface area contributed by atoms with E-state index in [1.54, 1.807) is 23.0 Å². The highest BCUT2D eigenvalue weighted by Gasteiger charge is 2.45. The van der Waals surface area contributed by atoms with E-state index in [-0.39, 0.29) is 17.7 Å². The van der Waals surface area contributed by atoms with Crippen LogP contribution in [0.3, 0.4) is 0 Å². The fourth-order valence-corrected chi connectivity index (χ4v) is 3.26.